The molecule has 0 amide bonds. The molecular weight excluding hydrogens is 332 g/mol. The monoisotopic (exact) mass is 358 g/mol. The van der Waals surface area contributed by atoms with Crippen molar-refractivity contribution in [3.63, 3.8) is 0 Å². The molecule has 1 aromatic heterocycles. The Bertz CT molecular complexity index is 434. The first-order valence-electron chi connectivity index (χ1n) is 7.69. The first-order chi connectivity index (χ1) is 9.47. The second kappa shape index (κ2) is 6.91. The highest BCUT2D eigenvalue weighted by Crippen LogP contribution is 2.28. The van der Waals surface area contributed by atoms with Crippen LogP contribution < -0.4 is 5.32 Å². The number of hydrogen-bond acceptors (Lipinski definition) is 3. The maximum absolute atomic E-state index is 3.78. The molecule has 0 spiro atoms. The molecule has 3 atom stereocenters. The zero-order valence-corrected chi connectivity index (χ0v) is 15.5. The van der Waals surface area contributed by atoms with Crippen molar-refractivity contribution in [1.29, 1.82) is 0 Å². The third kappa shape index (κ3) is 3.85. The quantitative estimate of drug-likeness (QED) is 0.833. The minimum atomic E-state index is 0.262. The minimum absolute atomic E-state index is 0.262. The number of hydrogen-bond donors (Lipinski definition) is 1. The highest BCUT2D eigenvalue weighted by atomic mass is 79.9. The van der Waals surface area contributed by atoms with Gasteiger partial charge in [0, 0.05) is 45.9 Å². The summed E-state index contributed by atoms with van der Waals surface area (Å²) in [6, 6.07) is 2.92. The van der Waals surface area contributed by atoms with E-state index in [2.05, 4.69) is 65.3 Å². The van der Waals surface area contributed by atoms with Gasteiger partial charge < -0.3 is 5.32 Å². The number of thiophene rings is 1. The van der Waals surface area contributed by atoms with E-state index in [0.29, 0.717) is 6.04 Å². The molecule has 0 aliphatic carbocycles. The zero-order valence-electron chi connectivity index (χ0n) is 13.1. The molecule has 1 aromatic rings. The maximum Gasteiger partial charge on any atom is 0.0332 e. The molecule has 2 rings (SSSR count). The van der Waals surface area contributed by atoms with Crippen molar-refractivity contribution in [3.05, 3.63) is 20.8 Å². The van der Waals surface area contributed by atoms with Gasteiger partial charge in [0.05, 0.1) is 0 Å². The summed E-state index contributed by atoms with van der Waals surface area (Å²) in [6.45, 7) is 12.7. The van der Waals surface area contributed by atoms with Crippen LogP contribution in [0, 0.1) is 5.92 Å². The highest BCUT2D eigenvalue weighted by molar-refractivity contribution is 9.10. The maximum atomic E-state index is 3.78. The van der Waals surface area contributed by atoms with Gasteiger partial charge in [0.1, 0.15) is 0 Å². The van der Waals surface area contributed by atoms with Crippen molar-refractivity contribution in [2.24, 2.45) is 5.92 Å². The molecule has 20 heavy (non-hydrogen) atoms. The zero-order chi connectivity index (χ0) is 14.8. The molecule has 114 valence electrons. The van der Waals surface area contributed by atoms with Crippen molar-refractivity contribution in [2.75, 3.05) is 13.1 Å². The third-order valence-corrected chi connectivity index (χ3v) is 6.50. The molecule has 1 aliphatic rings. The van der Waals surface area contributed by atoms with E-state index in [1.165, 1.54) is 22.2 Å². The van der Waals surface area contributed by atoms with Gasteiger partial charge in [-0.25, -0.2) is 0 Å². The lowest BCUT2D eigenvalue weighted by Gasteiger charge is -2.48. The Balaban J connectivity index is 2.13. The van der Waals surface area contributed by atoms with Crippen LogP contribution in [0.2, 0.25) is 0 Å². The Morgan fingerprint density at radius 3 is 2.85 bits per heavy atom. The Labute approximate surface area is 136 Å². The fourth-order valence-electron chi connectivity index (χ4n) is 2.98. The number of piperazine rings is 1. The lowest BCUT2D eigenvalue weighted by molar-refractivity contribution is 0.0495. The van der Waals surface area contributed by atoms with E-state index in [4.69, 9.17) is 0 Å². The third-order valence-electron chi connectivity index (χ3n) is 4.82. The molecule has 4 heteroatoms. The largest absolute Gasteiger partial charge is 0.309 e. The van der Waals surface area contributed by atoms with Gasteiger partial charge in [0.2, 0.25) is 0 Å². The highest BCUT2D eigenvalue weighted by Gasteiger charge is 2.36. The van der Waals surface area contributed by atoms with Crippen LogP contribution in [0.4, 0.5) is 0 Å². The molecule has 2 nitrogen and oxygen atoms in total. The SMILES string of the molecule is CCC(C)C1CNC(C)(CC)CN1Cc1cc(Br)cs1. The average molecular weight is 359 g/mol. The number of halogens is 1. The molecule has 1 N–H and O–H groups in total. The lowest BCUT2D eigenvalue weighted by Crippen LogP contribution is -2.63. The van der Waals surface area contributed by atoms with E-state index in [1.54, 1.807) is 0 Å². The van der Waals surface area contributed by atoms with Gasteiger partial charge in [-0.15, -0.1) is 11.3 Å². The second-order valence-corrected chi connectivity index (χ2v) is 8.30. The first kappa shape index (κ1) is 16.5. The molecule has 0 bridgehead atoms. The summed E-state index contributed by atoms with van der Waals surface area (Å²) in [5.41, 5.74) is 0.262. The van der Waals surface area contributed by atoms with Crippen molar-refractivity contribution >= 4 is 27.3 Å². The molecular formula is C16H27BrN2S. The molecule has 1 aliphatic heterocycles. The van der Waals surface area contributed by atoms with Gasteiger partial charge >= 0.3 is 0 Å². The van der Waals surface area contributed by atoms with Crippen molar-refractivity contribution < 1.29 is 0 Å². The Morgan fingerprint density at radius 1 is 1.55 bits per heavy atom. The van der Waals surface area contributed by atoms with Crippen LogP contribution in [-0.2, 0) is 6.54 Å². The average Bonchev–Trinajstić information content (AvgIpc) is 2.83. The van der Waals surface area contributed by atoms with E-state index >= 15 is 0 Å². The van der Waals surface area contributed by atoms with E-state index in [0.717, 1.165) is 25.6 Å². The van der Waals surface area contributed by atoms with E-state index in [1.807, 2.05) is 11.3 Å². The number of nitrogens with one attached hydrogen (secondary N) is 1. The van der Waals surface area contributed by atoms with E-state index in [-0.39, 0.29) is 5.54 Å². The van der Waals surface area contributed by atoms with Gasteiger partial charge in [-0.2, -0.15) is 0 Å². The van der Waals surface area contributed by atoms with Gasteiger partial charge in [-0.3, -0.25) is 4.90 Å². The smallest absolute Gasteiger partial charge is 0.0332 e. The molecule has 0 saturated carbocycles. The standard InChI is InChI=1S/C16H27BrN2S/c1-5-12(3)15-8-18-16(4,6-2)11-19(15)9-14-7-13(17)10-20-14/h7,10,12,15,18H,5-6,8-9,11H2,1-4H3. The summed E-state index contributed by atoms with van der Waals surface area (Å²) in [5, 5.41) is 5.97. The topological polar surface area (TPSA) is 15.3 Å². The van der Waals surface area contributed by atoms with Gasteiger partial charge in [0.15, 0.2) is 0 Å². The summed E-state index contributed by atoms with van der Waals surface area (Å²) >= 11 is 5.43. The second-order valence-electron chi connectivity index (χ2n) is 6.38. The molecule has 1 saturated heterocycles. The van der Waals surface area contributed by atoms with Crippen LogP contribution in [0.25, 0.3) is 0 Å². The number of rotatable bonds is 5. The van der Waals surface area contributed by atoms with Crippen molar-refractivity contribution in [3.8, 4) is 0 Å². The fraction of sp³-hybridized carbons (Fsp3) is 0.750. The van der Waals surface area contributed by atoms with Gasteiger partial charge in [0.25, 0.3) is 0 Å². The molecule has 1 fully saturated rings. The predicted molar refractivity (Wildman–Crippen MR) is 92.4 cm³/mol. The molecule has 0 aromatic carbocycles. The normalized spacial score (nSPS) is 29.6. The van der Waals surface area contributed by atoms with Crippen molar-refractivity contribution in [2.45, 2.75) is 58.7 Å². The molecule has 2 heterocycles. The summed E-state index contributed by atoms with van der Waals surface area (Å²) in [5.74, 6) is 0.743. The lowest BCUT2D eigenvalue weighted by atomic mass is 9.88. The van der Waals surface area contributed by atoms with Crippen molar-refractivity contribution in [1.82, 2.24) is 10.2 Å². The summed E-state index contributed by atoms with van der Waals surface area (Å²) < 4.78 is 1.21. The van der Waals surface area contributed by atoms with Gasteiger partial charge in [-0.1, -0.05) is 27.2 Å². The van der Waals surface area contributed by atoms with E-state index in [9.17, 15) is 0 Å². The first-order valence-corrected chi connectivity index (χ1v) is 9.36. The Kier molecular flexibility index (Phi) is 5.69. The Hall–Kier alpha value is 0.1000. The van der Waals surface area contributed by atoms with Crippen LogP contribution in [-0.4, -0.2) is 29.6 Å². The van der Waals surface area contributed by atoms with Gasteiger partial charge in [-0.05, 0) is 41.3 Å². The van der Waals surface area contributed by atoms with Crippen LogP contribution >= 0.6 is 27.3 Å². The summed E-state index contributed by atoms with van der Waals surface area (Å²) in [6.07, 6.45) is 2.44. The van der Waals surface area contributed by atoms with E-state index < -0.39 is 0 Å². The van der Waals surface area contributed by atoms with Crippen LogP contribution in [0.1, 0.15) is 45.4 Å². The molecule has 0 radical (unpaired) electrons. The summed E-state index contributed by atoms with van der Waals surface area (Å²) in [4.78, 5) is 4.16. The summed E-state index contributed by atoms with van der Waals surface area (Å²) in [7, 11) is 0. The molecule has 3 unspecified atom stereocenters. The van der Waals surface area contributed by atoms with Crippen LogP contribution in [0.15, 0.2) is 15.9 Å². The minimum Gasteiger partial charge on any atom is -0.309 e. The van der Waals surface area contributed by atoms with Crippen LogP contribution in [0.3, 0.4) is 0 Å². The predicted octanol–water partition coefficient (Wildman–Crippen LogP) is 4.50. The Morgan fingerprint density at radius 2 is 2.30 bits per heavy atom. The fourth-order valence-corrected chi connectivity index (χ4v) is 4.46. The van der Waals surface area contributed by atoms with Crippen LogP contribution in [0.5, 0.6) is 0 Å². The number of nitrogens with zero attached hydrogens (tertiary/aromatic N) is 1.